The van der Waals surface area contributed by atoms with Crippen molar-refractivity contribution in [3.8, 4) is 0 Å². The van der Waals surface area contributed by atoms with Crippen LogP contribution in [0.5, 0.6) is 0 Å². The van der Waals surface area contributed by atoms with Crippen LogP contribution in [0.3, 0.4) is 0 Å². The van der Waals surface area contributed by atoms with Gasteiger partial charge in [-0.15, -0.1) is 0 Å². The number of hydrogen-bond acceptors (Lipinski definition) is 3. The zero-order valence-corrected chi connectivity index (χ0v) is 9.94. The number of carbonyl (C=O) groups excluding carboxylic acids is 1. The zero-order valence-electron chi connectivity index (χ0n) is 9.94. The van der Waals surface area contributed by atoms with Crippen LogP contribution >= 0.6 is 0 Å². The Morgan fingerprint density at radius 2 is 2.44 bits per heavy atom. The van der Waals surface area contributed by atoms with Gasteiger partial charge in [0.05, 0.1) is 12.2 Å². The van der Waals surface area contributed by atoms with Gasteiger partial charge in [0.1, 0.15) is 0 Å². The summed E-state index contributed by atoms with van der Waals surface area (Å²) < 4.78 is 1.75. The molecule has 0 bridgehead atoms. The highest BCUT2D eigenvalue weighted by atomic mass is 16.1. The third-order valence-electron chi connectivity index (χ3n) is 2.45. The van der Waals surface area contributed by atoms with Gasteiger partial charge in [-0.2, -0.15) is 5.10 Å². The van der Waals surface area contributed by atoms with Gasteiger partial charge in [-0.3, -0.25) is 9.48 Å². The molecule has 0 aliphatic heterocycles. The highest BCUT2D eigenvalue weighted by Gasteiger charge is 2.04. The van der Waals surface area contributed by atoms with E-state index in [1.165, 1.54) is 0 Å². The first kappa shape index (κ1) is 12.7. The second kappa shape index (κ2) is 6.27. The Kier molecular flexibility index (Phi) is 4.98. The molecule has 0 radical (unpaired) electrons. The monoisotopic (exact) mass is 224 g/mol. The van der Waals surface area contributed by atoms with Gasteiger partial charge in [0, 0.05) is 25.7 Å². The molecule has 90 valence electrons. The molecular formula is C11H20N4O. The van der Waals surface area contributed by atoms with E-state index in [2.05, 4.69) is 10.4 Å². The fourth-order valence-electron chi connectivity index (χ4n) is 1.44. The second-order valence-corrected chi connectivity index (χ2v) is 4.09. The van der Waals surface area contributed by atoms with Crippen molar-refractivity contribution in [1.82, 2.24) is 15.1 Å². The van der Waals surface area contributed by atoms with Crippen LogP contribution < -0.4 is 11.1 Å². The van der Waals surface area contributed by atoms with Crippen LogP contribution in [-0.2, 0) is 18.4 Å². The van der Waals surface area contributed by atoms with Crippen LogP contribution in [0.2, 0.25) is 0 Å². The molecule has 5 nitrogen and oxygen atoms in total. The third kappa shape index (κ3) is 4.44. The normalized spacial score (nSPS) is 12.4. The molecule has 1 aromatic rings. The van der Waals surface area contributed by atoms with Crippen LogP contribution in [0.4, 0.5) is 0 Å². The summed E-state index contributed by atoms with van der Waals surface area (Å²) in [5, 5.41) is 6.89. The lowest BCUT2D eigenvalue weighted by Gasteiger charge is -2.06. The van der Waals surface area contributed by atoms with Crippen molar-refractivity contribution in [2.45, 2.75) is 38.8 Å². The van der Waals surface area contributed by atoms with Gasteiger partial charge in [-0.25, -0.2) is 0 Å². The van der Waals surface area contributed by atoms with E-state index >= 15 is 0 Å². The van der Waals surface area contributed by atoms with Gasteiger partial charge in [0.2, 0.25) is 5.91 Å². The van der Waals surface area contributed by atoms with E-state index < -0.39 is 0 Å². The molecule has 1 rings (SSSR count). The lowest BCUT2D eigenvalue weighted by molar-refractivity contribution is -0.121. The molecule has 1 atom stereocenters. The van der Waals surface area contributed by atoms with Crippen molar-refractivity contribution < 1.29 is 4.79 Å². The zero-order chi connectivity index (χ0) is 12.0. The van der Waals surface area contributed by atoms with Crippen LogP contribution in [0.25, 0.3) is 0 Å². The van der Waals surface area contributed by atoms with Crippen molar-refractivity contribution in [2.24, 2.45) is 12.8 Å². The molecular weight excluding hydrogens is 204 g/mol. The van der Waals surface area contributed by atoms with Crippen molar-refractivity contribution in [3.63, 3.8) is 0 Å². The van der Waals surface area contributed by atoms with Crippen LogP contribution in [0.1, 0.15) is 31.9 Å². The molecule has 1 amide bonds. The number of nitrogens with one attached hydrogen (secondary N) is 1. The van der Waals surface area contributed by atoms with E-state index in [0.717, 1.165) is 18.5 Å². The lowest BCUT2D eigenvalue weighted by atomic mass is 10.1. The van der Waals surface area contributed by atoms with Crippen molar-refractivity contribution >= 4 is 5.91 Å². The van der Waals surface area contributed by atoms with E-state index in [1.807, 2.05) is 20.0 Å². The Labute approximate surface area is 96.0 Å². The molecule has 0 aliphatic rings. The number of hydrogen-bond donors (Lipinski definition) is 2. The van der Waals surface area contributed by atoms with E-state index in [1.54, 1.807) is 10.9 Å². The Bertz CT molecular complexity index is 332. The summed E-state index contributed by atoms with van der Waals surface area (Å²) in [6, 6.07) is 2.06. The Hall–Kier alpha value is -1.36. The number of aryl methyl sites for hydroxylation is 1. The van der Waals surface area contributed by atoms with Crippen molar-refractivity contribution in [2.75, 3.05) is 0 Å². The van der Waals surface area contributed by atoms with Crippen LogP contribution in [-0.4, -0.2) is 21.7 Å². The highest BCUT2D eigenvalue weighted by molar-refractivity contribution is 5.75. The number of nitrogens with zero attached hydrogens (tertiary/aromatic N) is 2. The Morgan fingerprint density at radius 3 is 3.00 bits per heavy atom. The molecule has 0 saturated heterocycles. The van der Waals surface area contributed by atoms with E-state index in [-0.39, 0.29) is 11.9 Å². The fourth-order valence-corrected chi connectivity index (χ4v) is 1.44. The second-order valence-electron chi connectivity index (χ2n) is 4.09. The van der Waals surface area contributed by atoms with Crippen LogP contribution in [0, 0.1) is 0 Å². The summed E-state index contributed by atoms with van der Waals surface area (Å²) in [6.45, 7) is 2.49. The van der Waals surface area contributed by atoms with E-state index in [0.29, 0.717) is 13.0 Å². The number of aromatic nitrogens is 2. The molecule has 3 N–H and O–H groups in total. The summed E-state index contributed by atoms with van der Waals surface area (Å²) >= 11 is 0. The largest absolute Gasteiger partial charge is 0.350 e. The first-order chi connectivity index (χ1) is 7.59. The number of nitrogens with two attached hydrogens (primary N) is 1. The molecule has 0 aromatic carbocycles. The summed E-state index contributed by atoms with van der Waals surface area (Å²) in [6.07, 6.45) is 3.99. The predicted octanol–water partition coefficient (Wildman–Crippen LogP) is 0.554. The lowest BCUT2D eigenvalue weighted by Crippen LogP contribution is -2.24. The van der Waals surface area contributed by atoms with E-state index in [4.69, 9.17) is 5.73 Å². The van der Waals surface area contributed by atoms with Crippen molar-refractivity contribution in [3.05, 3.63) is 18.0 Å². The molecule has 0 fully saturated rings. The first-order valence-electron chi connectivity index (χ1n) is 5.58. The first-order valence-corrected chi connectivity index (χ1v) is 5.58. The van der Waals surface area contributed by atoms with Gasteiger partial charge in [-0.1, -0.05) is 0 Å². The molecule has 0 saturated carbocycles. The number of rotatable bonds is 6. The van der Waals surface area contributed by atoms with Gasteiger partial charge in [0.25, 0.3) is 0 Å². The summed E-state index contributed by atoms with van der Waals surface area (Å²) in [4.78, 5) is 11.4. The van der Waals surface area contributed by atoms with Gasteiger partial charge in [-0.05, 0) is 25.8 Å². The Balaban J connectivity index is 2.18. The molecule has 1 unspecified atom stereocenters. The van der Waals surface area contributed by atoms with Gasteiger partial charge >= 0.3 is 0 Å². The minimum absolute atomic E-state index is 0.0712. The quantitative estimate of drug-likeness (QED) is 0.741. The highest BCUT2D eigenvalue weighted by Crippen LogP contribution is 1.99. The number of carbonyl (C=O) groups is 1. The minimum atomic E-state index is 0.0712. The summed E-state index contributed by atoms with van der Waals surface area (Å²) in [5.74, 6) is 0.0712. The standard InChI is InChI=1S/C11H20N4O/c1-9(12)4-3-5-11(16)13-8-10-6-7-14-15(10)2/h6-7,9H,3-5,8,12H2,1-2H3,(H,13,16). The SMILES string of the molecule is CC(N)CCCC(=O)NCc1ccnn1C. The van der Waals surface area contributed by atoms with Gasteiger partial charge < -0.3 is 11.1 Å². The maximum Gasteiger partial charge on any atom is 0.220 e. The van der Waals surface area contributed by atoms with E-state index in [9.17, 15) is 4.79 Å². The maximum atomic E-state index is 11.4. The molecule has 1 aromatic heterocycles. The molecule has 0 spiro atoms. The number of amides is 1. The topological polar surface area (TPSA) is 72.9 Å². The molecule has 16 heavy (non-hydrogen) atoms. The maximum absolute atomic E-state index is 11.4. The third-order valence-corrected chi connectivity index (χ3v) is 2.45. The summed E-state index contributed by atoms with van der Waals surface area (Å²) in [7, 11) is 1.86. The average Bonchev–Trinajstić information content (AvgIpc) is 2.60. The smallest absolute Gasteiger partial charge is 0.220 e. The average molecular weight is 224 g/mol. The van der Waals surface area contributed by atoms with Crippen molar-refractivity contribution in [1.29, 1.82) is 0 Å². The Morgan fingerprint density at radius 1 is 1.69 bits per heavy atom. The van der Waals surface area contributed by atoms with Crippen LogP contribution in [0.15, 0.2) is 12.3 Å². The van der Waals surface area contributed by atoms with Gasteiger partial charge in [0.15, 0.2) is 0 Å². The minimum Gasteiger partial charge on any atom is -0.350 e. The molecule has 0 aliphatic carbocycles. The fraction of sp³-hybridized carbons (Fsp3) is 0.636. The summed E-state index contributed by atoms with van der Waals surface area (Å²) in [5.41, 5.74) is 6.61. The predicted molar refractivity (Wildman–Crippen MR) is 62.6 cm³/mol. The molecule has 5 heteroatoms. The molecule has 1 heterocycles.